The summed E-state index contributed by atoms with van der Waals surface area (Å²) in [5.41, 5.74) is 1.00. The zero-order valence-corrected chi connectivity index (χ0v) is 11.0. The summed E-state index contributed by atoms with van der Waals surface area (Å²) in [7, 11) is 0. The van der Waals surface area contributed by atoms with Crippen LogP contribution in [0.4, 0.5) is 8.78 Å². The smallest absolute Gasteiger partial charge is 0.338 e. The summed E-state index contributed by atoms with van der Waals surface area (Å²) < 4.78 is 31.2. The van der Waals surface area contributed by atoms with Crippen LogP contribution in [0.15, 0.2) is 54.6 Å². The van der Waals surface area contributed by atoms with Crippen molar-refractivity contribution in [3.8, 4) is 0 Å². The zero-order valence-electron chi connectivity index (χ0n) is 11.0. The molecular formula is C16H14F2O2. The molecule has 0 bridgehead atoms. The molecule has 20 heavy (non-hydrogen) atoms. The topological polar surface area (TPSA) is 26.3 Å². The lowest BCUT2D eigenvalue weighted by Crippen LogP contribution is -2.09. The molecule has 0 radical (unpaired) electrons. The molecule has 0 spiro atoms. The number of rotatable bonds is 4. The van der Waals surface area contributed by atoms with Crippen LogP contribution in [0.5, 0.6) is 0 Å². The fourth-order valence-electron chi connectivity index (χ4n) is 1.71. The minimum atomic E-state index is -2.91. The summed E-state index contributed by atoms with van der Waals surface area (Å²) in [6.07, 6.45) is 0. The Hall–Kier alpha value is -2.23. The second-order valence-corrected chi connectivity index (χ2v) is 4.53. The molecule has 0 aliphatic rings. The number of carbonyl (C=O) groups is 1. The van der Waals surface area contributed by atoms with E-state index in [-0.39, 0.29) is 17.7 Å². The molecule has 0 atom stereocenters. The van der Waals surface area contributed by atoms with Crippen LogP contribution >= 0.6 is 0 Å². The number of ether oxygens (including phenoxy) is 1. The van der Waals surface area contributed by atoms with Crippen molar-refractivity contribution >= 4 is 5.97 Å². The van der Waals surface area contributed by atoms with E-state index in [0.717, 1.165) is 12.5 Å². The lowest BCUT2D eigenvalue weighted by atomic mass is 10.1. The van der Waals surface area contributed by atoms with E-state index in [9.17, 15) is 13.6 Å². The molecule has 0 heterocycles. The first-order valence-corrected chi connectivity index (χ1v) is 6.16. The van der Waals surface area contributed by atoms with E-state index in [4.69, 9.17) is 4.74 Å². The van der Waals surface area contributed by atoms with E-state index in [1.54, 1.807) is 0 Å². The molecule has 0 unspecified atom stereocenters. The van der Waals surface area contributed by atoms with Gasteiger partial charge in [0.15, 0.2) is 0 Å². The number of hydrogen-bond donors (Lipinski definition) is 0. The van der Waals surface area contributed by atoms with E-state index in [2.05, 4.69) is 0 Å². The highest BCUT2D eigenvalue weighted by Crippen LogP contribution is 2.26. The molecule has 0 aliphatic carbocycles. The maximum atomic E-state index is 13.0. The first kappa shape index (κ1) is 14.2. The Morgan fingerprint density at radius 2 is 1.65 bits per heavy atom. The minimum Gasteiger partial charge on any atom is -0.457 e. The van der Waals surface area contributed by atoms with Crippen molar-refractivity contribution in [2.45, 2.75) is 19.5 Å². The SMILES string of the molecule is CC(F)(F)c1ccc(C(=O)OCc2ccccc2)cc1. The summed E-state index contributed by atoms with van der Waals surface area (Å²) in [5.74, 6) is -3.44. The molecule has 0 N–H and O–H groups in total. The third kappa shape index (κ3) is 3.63. The highest BCUT2D eigenvalue weighted by atomic mass is 19.3. The van der Waals surface area contributed by atoms with E-state index in [1.165, 1.54) is 24.3 Å². The maximum Gasteiger partial charge on any atom is 0.338 e. The average molecular weight is 276 g/mol. The van der Waals surface area contributed by atoms with Crippen LogP contribution in [0.1, 0.15) is 28.4 Å². The highest BCUT2D eigenvalue weighted by Gasteiger charge is 2.24. The lowest BCUT2D eigenvalue weighted by Gasteiger charge is -2.11. The Bertz CT molecular complexity index is 572. The molecule has 104 valence electrons. The molecule has 0 aliphatic heterocycles. The summed E-state index contributed by atoms with van der Waals surface area (Å²) in [6.45, 7) is 0.973. The number of hydrogen-bond acceptors (Lipinski definition) is 2. The van der Waals surface area contributed by atoms with Gasteiger partial charge in [-0.1, -0.05) is 42.5 Å². The molecule has 0 fully saturated rings. The average Bonchev–Trinajstić information content (AvgIpc) is 2.45. The lowest BCUT2D eigenvalue weighted by molar-refractivity contribution is 0.0173. The van der Waals surface area contributed by atoms with Crippen molar-refractivity contribution in [1.29, 1.82) is 0 Å². The van der Waals surface area contributed by atoms with Crippen molar-refractivity contribution in [3.63, 3.8) is 0 Å². The van der Waals surface area contributed by atoms with Crippen LogP contribution in [-0.2, 0) is 17.3 Å². The molecule has 0 saturated carbocycles. The molecule has 2 aromatic carbocycles. The van der Waals surface area contributed by atoms with Crippen LogP contribution in [0.2, 0.25) is 0 Å². The van der Waals surface area contributed by atoms with E-state index < -0.39 is 11.9 Å². The monoisotopic (exact) mass is 276 g/mol. The summed E-state index contributed by atoms with van der Waals surface area (Å²) >= 11 is 0. The molecule has 0 amide bonds. The number of carbonyl (C=O) groups excluding carboxylic acids is 1. The van der Waals surface area contributed by atoms with Gasteiger partial charge in [0.25, 0.3) is 5.92 Å². The zero-order chi connectivity index (χ0) is 14.6. The van der Waals surface area contributed by atoms with Crippen LogP contribution < -0.4 is 0 Å². The van der Waals surface area contributed by atoms with Gasteiger partial charge in [0, 0.05) is 12.5 Å². The Morgan fingerprint density at radius 1 is 1.05 bits per heavy atom. The van der Waals surface area contributed by atoms with Gasteiger partial charge in [-0.25, -0.2) is 13.6 Å². The molecule has 0 saturated heterocycles. The predicted molar refractivity (Wildman–Crippen MR) is 71.6 cm³/mol. The third-order valence-electron chi connectivity index (χ3n) is 2.84. The largest absolute Gasteiger partial charge is 0.457 e. The normalized spacial score (nSPS) is 11.2. The standard InChI is InChI=1S/C16H14F2O2/c1-16(17,18)14-9-7-13(8-10-14)15(19)20-11-12-5-3-2-4-6-12/h2-10H,11H2,1H3. The minimum absolute atomic E-state index is 0.128. The summed E-state index contributed by atoms with van der Waals surface area (Å²) in [4.78, 5) is 11.8. The van der Waals surface area contributed by atoms with E-state index >= 15 is 0 Å². The van der Waals surface area contributed by atoms with E-state index in [1.807, 2.05) is 30.3 Å². The highest BCUT2D eigenvalue weighted by molar-refractivity contribution is 5.89. The number of esters is 1. The fraction of sp³-hybridized carbons (Fsp3) is 0.188. The molecule has 4 heteroatoms. The van der Waals surface area contributed by atoms with Crippen LogP contribution in [-0.4, -0.2) is 5.97 Å². The molecular weight excluding hydrogens is 262 g/mol. The Morgan fingerprint density at radius 3 is 2.20 bits per heavy atom. The van der Waals surface area contributed by atoms with Gasteiger partial charge in [0.1, 0.15) is 6.61 Å². The van der Waals surface area contributed by atoms with Gasteiger partial charge in [-0.05, 0) is 17.7 Å². The number of halogens is 2. The molecule has 2 rings (SSSR count). The third-order valence-corrected chi connectivity index (χ3v) is 2.84. The van der Waals surface area contributed by atoms with Crippen LogP contribution in [0.25, 0.3) is 0 Å². The molecule has 2 aromatic rings. The van der Waals surface area contributed by atoms with Crippen LogP contribution in [0, 0.1) is 0 Å². The fourth-order valence-corrected chi connectivity index (χ4v) is 1.71. The number of benzene rings is 2. The van der Waals surface area contributed by atoms with Crippen molar-refractivity contribution in [3.05, 3.63) is 71.3 Å². The quantitative estimate of drug-likeness (QED) is 0.784. The van der Waals surface area contributed by atoms with Crippen molar-refractivity contribution in [1.82, 2.24) is 0 Å². The predicted octanol–water partition coefficient (Wildman–Crippen LogP) is 4.16. The molecule has 2 nitrogen and oxygen atoms in total. The Kier molecular flexibility index (Phi) is 4.13. The number of alkyl halides is 2. The van der Waals surface area contributed by atoms with Crippen LogP contribution in [0.3, 0.4) is 0 Å². The Labute approximate surface area is 116 Å². The first-order chi connectivity index (χ1) is 9.47. The van der Waals surface area contributed by atoms with Gasteiger partial charge in [-0.15, -0.1) is 0 Å². The second kappa shape index (κ2) is 5.82. The Balaban J connectivity index is 1.99. The van der Waals surface area contributed by atoms with Crippen molar-refractivity contribution in [2.24, 2.45) is 0 Å². The van der Waals surface area contributed by atoms with Gasteiger partial charge in [-0.2, -0.15) is 0 Å². The van der Waals surface area contributed by atoms with Gasteiger partial charge >= 0.3 is 5.97 Å². The van der Waals surface area contributed by atoms with Gasteiger partial charge in [-0.3, -0.25) is 0 Å². The summed E-state index contributed by atoms with van der Waals surface area (Å²) in [6, 6.07) is 14.4. The maximum absolute atomic E-state index is 13.0. The van der Waals surface area contributed by atoms with Crippen molar-refractivity contribution < 1.29 is 18.3 Å². The first-order valence-electron chi connectivity index (χ1n) is 6.16. The summed E-state index contributed by atoms with van der Waals surface area (Å²) in [5, 5.41) is 0. The molecule has 0 aromatic heterocycles. The van der Waals surface area contributed by atoms with Gasteiger partial charge < -0.3 is 4.74 Å². The van der Waals surface area contributed by atoms with E-state index in [0.29, 0.717) is 0 Å². The van der Waals surface area contributed by atoms with Gasteiger partial charge in [0.05, 0.1) is 5.56 Å². The van der Waals surface area contributed by atoms with Crippen molar-refractivity contribution in [2.75, 3.05) is 0 Å². The van der Waals surface area contributed by atoms with Gasteiger partial charge in [0.2, 0.25) is 0 Å². The second-order valence-electron chi connectivity index (χ2n) is 4.53.